The number of sulfonamides is 1. The second kappa shape index (κ2) is 10.3. The van der Waals surface area contributed by atoms with Crippen molar-refractivity contribution in [2.75, 3.05) is 37.7 Å². The van der Waals surface area contributed by atoms with Gasteiger partial charge in [-0.2, -0.15) is 4.31 Å². The zero-order chi connectivity index (χ0) is 22.4. The van der Waals surface area contributed by atoms with E-state index in [-0.39, 0.29) is 23.4 Å². The zero-order valence-electron chi connectivity index (χ0n) is 18.4. The number of carbonyl (C=O) groups is 1. The van der Waals surface area contributed by atoms with Crippen molar-refractivity contribution < 1.29 is 17.9 Å². The van der Waals surface area contributed by atoms with Crippen molar-refractivity contribution in [3.63, 3.8) is 0 Å². The van der Waals surface area contributed by atoms with Crippen LogP contribution < -0.4 is 10.2 Å². The fourth-order valence-electron chi connectivity index (χ4n) is 3.43. The van der Waals surface area contributed by atoms with Gasteiger partial charge in [0.25, 0.3) is 0 Å². The molecule has 1 N–H and O–H groups in total. The molecular weight excluding hydrogens is 414 g/mol. The van der Waals surface area contributed by atoms with Crippen LogP contribution in [0.15, 0.2) is 53.4 Å². The Bertz CT molecular complexity index is 967. The molecule has 7 nitrogen and oxygen atoms in total. The van der Waals surface area contributed by atoms with E-state index in [1.807, 2.05) is 36.1 Å². The minimum Gasteiger partial charge on any atom is -0.379 e. The molecule has 3 rings (SSSR count). The summed E-state index contributed by atoms with van der Waals surface area (Å²) < 4.78 is 32.1. The predicted molar refractivity (Wildman–Crippen MR) is 122 cm³/mol. The molecule has 0 aliphatic carbocycles. The fraction of sp³-hybridized carbons (Fsp3) is 0.435. The van der Waals surface area contributed by atoms with E-state index in [1.54, 1.807) is 24.3 Å². The van der Waals surface area contributed by atoms with Crippen LogP contribution in [0.2, 0.25) is 0 Å². The van der Waals surface area contributed by atoms with Crippen molar-refractivity contribution in [3.05, 3.63) is 59.7 Å². The van der Waals surface area contributed by atoms with Gasteiger partial charge in [-0.15, -0.1) is 0 Å². The van der Waals surface area contributed by atoms with Gasteiger partial charge in [0.2, 0.25) is 15.9 Å². The van der Waals surface area contributed by atoms with Crippen LogP contribution in [0.3, 0.4) is 0 Å². The second-order valence-electron chi connectivity index (χ2n) is 7.99. The number of benzene rings is 2. The van der Waals surface area contributed by atoms with Gasteiger partial charge in [0.1, 0.15) is 0 Å². The summed E-state index contributed by atoms with van der Waals surface area (Å²) in [4.78, 5) is 14.8. The van der Waals surface area contributed by atoms with Crippen molar-refractivity contribution in [3.8, 4) is 0 Å². The molecule has 1 heterocycles. The number of hydrogen-bond acceptors (Lipinski definition) is 5. The third-order valence-electron chi connectivity index (χ3n) is 5.32. The number of rotatable bonds is 8. The van der Waals surface area contributed by atoms with E-state index in [0.717, 1.165) is 11.3 Å². The third kappa shape index (κ3) is 6.06. The average molecular weight is 446 g/mol. The molecular formula is C23H31N3O4S. The van der Waals surface area contributed by atoms with Crippen LogP contribution in [0.25, 0.3) is 0 Å². The monoisotopic (exact) mass is 445 g/mol. The van der Waals surface area contributed by atoms with Gasteiger partial charge in [0.15, 0.2) is 0 Å². The number of ether oxygens (including phenoxy) is 1. The van der Waals surface area contributed by atoms with Gasteiger partial charge in [-0.1, -0.05) is 29.8 Å². The minimum atomic E-state index is -3.51. The smallest absolute Gasteiger partial charge is 0.243 e. The maximum absolute atomic E-state index is 12.7. The Hall–Kier alpha value is -2.42. The van der Waals surface area contributed by atoms with E-state index < -0.39 is 10.0 Å². The van der Waals surface area contributed by atoms with Crippen LogP contribution in [0.4, 0.5) is 5.69 Å². The summed E-state index contributed by atoms with van der Waals surface area (Å²) in [6.45, 7) is 8.32. The van der Waals surface area contributed by atoms with E-state index in [0.29, 0.717) is 32.8 Å². The van der Waals surface area contributed by atoms with E-state index in [9.17, 15) is 13.2 Å². The highest BCUT2D eigenvalue weighted by Gasteiger charge is 2.26. The molecule has 1 amide bonds. The minimum absolute atomic E-state index is 0.0840. The number of anilines is 1. The normalized spacial score (nSPS) is 15.1. The molecule has 1 fully saturated rings. The summed E-state index contributed by atoms with van der Waals surface area (Å²) in [6.07, 6.45) is 0. The Balaban J connectivity index is 1.57. The van der Waals surface area contributed by atoms with Crippen LogP contribution in [0.5, 0.6) is 0 Å². The number of morpholine rings is 1. The molecule has 8 heteroatoms. The second-order valence-corrected chi connectivity index (χ2v) is 9.93. The van der Waals surface area contributed by atoms with Crippen molar-refractivity contribution >= 4 is 21.6 Å². The highest BCUT2D eigenvalue weighted by molar-refractivity contribution is 7.89. The van der Waals surface area contributed by atoms with Gasteiger partial charge in [-0.05, 0) is 50.6 Å². The summed E-state index contributed by atoms with van der Waals surface area (Å²) in [5.74, 6) is -0.0840. The first-order valence-corrected chi connectivity index (χ1v) is 12.0. The molecule has 0 atom stereocenters. The van der Waals surface area contributed by atoms with Crippen LogP contribution in [-0.4, -0.2) is 57.5 Å². The molecule has 0 radical (unpaired) electrons. The molecule has 0 aromatic heterocycles. The van der Waals surface area contributed by atoms with E-state index in [1.165, 1.54) is 9.87 Å². The van der Waals surface area contributed by atoms with Gasteiger partial charge in [-0.25, -0.2) is 8.42 Å². The van der Waals surface area contributed by atoms with Crippen molar-refractivity contribution in [1.82, 2.24) is 9.62 Å². The molecule has 168 valence electrons. The highest BCUT2D eigenvalue weighted by Crippen LogP contribution is 2.19. The lowest BCUT2D eigenvalue weighted by Gasteiger charge is -2.28. The van der Waals surface area contributed by atoms with Crippen molar-refractivity contribution in [2.45, 2.75) is 38.3 Å². The Morgan fingerprint density at radius 2 is 1.68 bits per heavy atom. The molecule has 0 spiro atoms. The van der Waals surface area contributed by atoms with Crippen LogP contribution >= 0.6 is 0 Å². The number of hydrogen-bond donors (Lipinski definition) is 1. The molecule has 2 aromatic rings. The van der Waals surface area contributed by atoms with Gasteiger partial charge < -0.3 is 15.0 Å². The van der Waals surface area contributed by atoms with Gasteiger partial charge in [0.05, 0.1) is 24.7 Å². The highest BCUT2D eigenvalue weighted by atomic mass is 32.2. The maximum Gasteiger partial charge on any atom is 0.243 e. The summed E-state index contributed by atoms with van der Waals surface area (Å²) in [5, 5.41) is 2.93. The SMILES string of the molecule is Cc1ccc(N(CC(=O)NCc2ccc(S(=O)(=O)N3CCOCC3)cc2)C(C)C)cc1. The number of amides is 1. The number of carbonyl (C=O) groups excluding carboxylic acids is 1. The largest absolute Gasteiger partial charge is 0.379 e. The zero-order valence-corrected chi connectivity index (χ0v) is 19.2. The first kappa shape index (κ1) is 23.2. The van der Waals surface area contributed by atoms with E-state index >= 15 is 0 Å². The fourth-order valence-corrected chi connectivity index (χ4v) is 4.84. The Morgan fingerprint density at radius 3 is 2.26 bits per heavy atom. The van der Waals surface area contributed by atoms with Gasteiger partial charge >= 0.3 is 0 Å². The Morgan fingerprint density at radius 1 is 1.06 bits per heavy atom. The lowest BCUT2D eigenvalue weighted by Crippen LogP contribution is -2.41. The molecule has 1 aliphatic heterocycles. The maximum atomic E-state index is 12.7. The number of aryl methyl sites for hydroxylation is 1. The molecule has 1 saturated heterocycles. The van der Waals surface area contributed by atoms with Crippen LogP contribution in [0, 0.1) is 6.92 Å². The average Bonchev–Trinajstić information content (AvgIpc) is 2.77. The molecule has 0 bridgehead atoms. The lowest BCUT2D eigenvalue weighted by molar-refractivity contribution is -0.120. The number of nitrogens with zero attached hydrogens (tertiary/aromatic N) is 2. The first-order valence-electron chi connectivity index (χ1n) is 10.5. The Labute approximate surface area is 185 Å². The molecule has 1 aliphatic rings. The quantitative estimate of drug-likeness (QED) is 0.676. The molecule has 0 saturated carbocycles. The molecule has 0 unspecified atom stereocenters. The molecule has 2 aromatic carbocycles. The lowest BCUT2D eigenvalue weighted by atomic mass is 10.2. The Kier molecular flexibility index (Phi) is 7.69. The summed E-state index contributed by atoms with van der Waals surface area (Å²) in [6, 6.07) is 15.0. The predicted octanol–water partition coefficient (Wildman–Crippen LogP) is 2.55. The first-order chi connectivity index (χ1) is 14.8. The third-order valence-corrected chi connectivity index (χ3v) is 7.24. The van der Waals surface area contributed by atoms with Crippen molar-refractivity contribution in [1.29, 1.82) is 0 Å². The van der Waals surface area contributed by atoms with Crippen LogP contribution in [-0.2, 0) is 26.1 Å². The van der Waals surface area contributed by atoms with Gasteiger partial charge in [-0.3, -0.25) is 4.79 Å². The summed E-state index contributed by atoms with van der Waals surface area (Å²) >= 11 is 0. The van der Waals surface area contributed by atoms with Crippen molar-refractivity contribution in [2.24, 2.45) is 0 Å². The van der Waals surface area contributed by atoms with E-state index in [4.69, 9.17) is 4.74 Å². The standard InChI is InChI=1S/C23H31N3O4S/c1-18(2)26(21-8-4-19(3)5-9-21)17-23(27)24-16-20-6-10-22(11-7-20)31(28,29)25-12-14-30-15-13-25/h4-11,18H,12-17H2,1-3H3,(H,24,27). The number of nitrogens with one attached hydrogen (secondary N) is 1. The summed E-state index contributed by atoms with van der Waals surface area (Å²) in [5.41, 5.74) is 3.03. The van der Waals surface area contributed by atoms with Gasteiger partial charge in [0, 0.05) is 31.4 Å². The summed E-state index contributed by atoms with van der Waals surface area (Å²) in [7, 11) is -3.51. The van der Waals surface area contributed by atoms with Crippen LogP contribution in [0.1, 0.15) is 25.0 Å². The van der Waals surface area contributed by atoms with E-state index in [2.05, 4.69) is 19.2 Å². The molecule has 31 heavy (non-hydrogen) atoms. The topological polar surface area (TPSA) is 79.0 Å².